The Labute approximate surface area is 132 Å². The van der Waals surface area contributed by atoms with E-state index in [1.807, 2.05) is 24.3 Å². The van der Waals surface area contributed by atoms with Crippen molar-refractivity contribution < 1.29 is 9.53 Å². The van der Waals surface area contributed by atoms with Gasteiger partial charge in [0.1, 0.15) is 6.10 Å². The van der Waals surface area contributed by atoms with Crippen molar-refractivity contribution in [1.29, 1.82) is 0 Å². The van der Waals surface area contributed by atoms with E-state index in [9.17, 15) is 4.79 Å². The monoisotopic (exact) mass is 318 g/mol. The Morgan fingerprint density at radius 2 is 2.09 bits per heavy atom. The quantitative estimate of drug-likeness (QED) is 0.912. The minimum Gasteiger partial charge on any atom is -0.371 e. The number of hydrogen-bond acceptors (Lipinski definition) is 4. The molecule has 3 rings (SSSR count). The lowest BCUT2D eigenvalue weighted by Crippen LogP contribution is -2.39. The highest BCUT2D eigenvalue weighted by atomic mass is 35.5. The third-order valence-corrected chi connectivity index (χ3v) is 3.67. The first-order valence-electron chi connectivity index (χ1n) is 6.94. The smallest absolute Gasteiger partial charge is 0.320 e. The largest absolute Gasteiger partial charge is 0.371 e. The number of carbonyl (C=O) groups is 1. The van der Waals surface area contributed by atoms with Crippen molar-refractivity contribution in [2.24, 2.45) is 0 Å². The molecule has 0 spiro atoms. The van der Waals surface area contributed by atoms with Crippen LogP contribution in [0, 0.1) is 0 Å². The van der Waals surface area contributed by atoms with Crippen LogP contribution in [0.15, 0.2) is 42.6 Å². The first-order chi connectivity index (χ1) is 10.7. The van der Waals surface area contributed by atoms with Gasteiger partial charge in [-0.05, 0) is 36.2 Å². The molecule has 2 amide bonds. The molecule has 7 heteroatoms. The summed E-state index contributed by atoms with van der Waals surface area (Å²) in [5.41, 5.74) is 0.992. The van der Waals surface area contributed by atoms with E-state index in [0.29, 0.717) is 17.4 Å². The Morgan fingerprint density at radius 3 is 2.82 bits per heavy atom. The summed E-state index contributed by atoms with van der Waals surface area (Å²) in [6, 6.07) is 10.4. The number of carbonyl (C=O) groups excluding carboxylic acids is 1. The molecular formula is C15H15ClN4O2. The Balaban J connectivity index is 1.63. The van der Waals surface area contributed by atoms with E-state index in [-0.39, 0.29) is 18.2 Å². The molecule has 1 aliphatic heterocycles. The Kier molecular flexibility index (Phi) is 4.50. The Hall–Kier alpha value is -2.18. The third-order valence-electron chi connectivity index (χ3n) is 3.42. The summed E-state index contributed by atoms with van der Waals surface area (Å²) in [4.78, 5) is 12.0. The van der Waals surface area contributed by atoms with Gasteiger partial charge >= 0.3 is 6.03 Å². The third kappa shape index (κ3) is 3.52. The number of amides is 2. The highest BCUT2D eigenvalue weighted by Gasteiger charge is 2.30. The number of nitrogens with zero attached hydrogens (tertiary/aromatic N) is 2. The molecule has 1 saturated heterocycles. The second-order valence-electron chi connectivity index (χ2n) is 4.95. The molecule has 6 nitrogen and oxygen atoms in total. The lowest BCUT2D eigenvalue weighted by molar-refractivity contribution is 0.100. The molecule has 114 valence electrons. The number of urea groups is 1. The van der Waals surface area contributed by atoms with Crippen molar-refractivity contribution in [1.82, 2.24) is 15.5 Å². The molecule has 2 unspecified atom stereocenters. The van der Waals surface area contributed by atoms with E-state index in [1.165, 1.54) is 0 Å². The van der Waals surface area contributed by atoms with E-state index in [4.69, 9.17) is 16.3 Å². The minimum atomic E-state index is -0.324. The van der Waals surface area contributed by atoms with Crippen LogP contribution in [0.4, 0.5) is 10.6 Å². The number of ether oxygens (including phenoxy) is 1. The summed E-state index contributed by atoms with van der Waals surface area (Å²) >= 11 is 5.90. The van der Waals surface area contributed by atoms with Crippen LogP contribution >= 0.6 is 11.6 Å². The van der Waals surface area contributed by atoms with Gasteiger partial charge in [0, 0.05) is 17.8 Å². The normalized spacial score (nSPS) is 20.6. The molecule has 22 heavy (non-hydrogen) atoms. The molecule has 0 radical (unpaired) electrons. The topological polar surface area (TPSA) is 76.1 Å². The second-order valence-corrected chi connectivity index (χ2v) is 5.38. The molecule has 0 aliphatic carbocycles. The summed E-state index contributed by atoms with van der Waals surface area (Å²) in [6.07, 6.45) is 2.12. The highest BCUT2D eigenvalue weighted by Crippen LogP contribution is 2.29. The van der Waals surface area contributed by atoms with Gasteiger partial charge in [-0.2, -0.15) is 5.10 Å². The van der Waals surface area contributed by atoms with Crippen LogP contribution in [-0.4, -0.2) is 28.9 Å². The molecular weight excluding hydrogens is 304 g/mol. The molecule has 2 atom stereocenters. The Bertz CT molecular complexity index is 636. The van der Waals surface area contributed by atoms with Crippen LogP contribution in [-0.2, 0) is 4.74 Å². The van der Waals surface area contributed by atoms with Crippen LogP contribution in [0.25, 0.3) is 0 Å². The number of rotatable bonds is 3. The number of aromatic nitrogens is 2. The number of halogens is 1. The Morgan fingerprint density at radius 1 is 1.27 bits per heavy atom. The van der Waals surface area contributed by atoms with E-state index >= 15 is 0 Å². The van der Waals surface area contributed by atoms with Crippen LogP contribution in [0.1, 0.15) is 18.1 Å². The maximum atomic E-state index is 12.0. The standard InChI is InChI=1S/C15H15ClN4O2/c16-11-5-3-10(4-6-11)14-12(7-9-22-14)18-15(21)19-13-2-1-8-17-20-13/h1-6,8,12,14H,7,9H2,(H2,18,19,20,21). The van der Waals surface area contributed by atoms with Crippen LogP contribution in [0.3, 0.4) is 0 Å². The van der Waals surface area contributed by atoms with Crippen molar-refractivity contribution in [2.75, 3.05) is 11.9 Å². The van der Waals surface area contributed by atoms with Gasteiger partial charge in [-0.15, -0.1) is 5.10 Å². The van der Waals surface area contributed by atoms with Gasteiger partial charge in [-0.3, -0.25) is 5.32 Å². The summed E-state index contributed by atoms with van der Waals surface area (Å²) < 4.78 is 5.73. The first-order valence-corrected chi connectivity index (χ1v) is 7.32. The van der Waals surface area contributed by atoms with E-state index in [1.54, 1.807) is 18.3 Å². The molecule has 0 saturated carbocycles. The van der Waals surface area contributed by atoms with E-state index < -0.39 is 0 Å². The number of nitrogens with one attached hydrogen (secondary N) is 2. The van der Waals surface area contributed by atoms with Crippen molar-refractivity contribution in [2.45, 2.75) is 18.6 Å². The SMILES string of the molecule is O=C(Nc1cccnn1)NC1CCOC1c1ccc(Cl)cc1. The van der Waals surface area contributed by atoms with Gasteiger partial charge in [-0.1, -0.05) is 23.7 Å². The summed E-state index contributed by atoms with van der Waals surface area (Å²) in [7, 11) is 0. The number of benzene rings is 1. The fourth-order valence-corrected chi connectivity index (χ4v) is 2.53. The zero-order chi connectivity index (χ0) is 15.4. The number of hydrogen-bond donors (Lipinski definition) is 2. The summed E-state index contributed by atoms with van der Waals surface area (Å²) in [5.74, 6) is 0.405. The summed E-state index contributed by atoms with van der Waals surface area (Å²) in [5, 5.41) is 13.8. The molecule has 2 N–H and O–H groups in total. The molecule has 1 aliphatic rings. The lowest BCUT2D eigenvalue weighted by Gasteiger charge is -2.20. The average molecular weight is 319 g/mol. The van der Waals surface area contributed by atoms with Crippen molar-refractivity contribution in [3.8, 4) is 0 Å². The zero-order valence-electron chi connectivity index (χ0n) is 11.7. The molecule has 1 aromatic heterocycles. The first kappa shape index (κ1) is 14.7. The van der Waals surface area contributed by atoms with Crippen LogP contribution in [0.2, 0.25) is 5.02 Å². The van der Waals surface area contributed by atoms with Gasteiger partial charge < -0.3 is 10.1 Å². The molecule has 2 aromatic rings. The van der Waals surface area contributed by atoms with Crippen LogP contribution in [0.5, 0.6) is 0 Å². The molecule has 1 aromatic carbocycles. The van der Waals surface area contributed by atoms with Gasteiger partial charge in [0.05, 0.1) is 6.04 Å². The minimum absolute atomic E-state index is 0.0992. The van der Waals surface area contributed by atoms with Crippen molar-refractivity contribution in [3.05, 3.63) is 53.2 Å². The fourth-order valence-electron chi connectivity index (χ4n) is 2.41. The average Bonchev–Trinajstić information content (AvgIpc) is 2.97. The summed E-state index contributed by atoms with van der Waals surface area (Å²) in [6.45, 7) is 0.601. The van der Waals surface area contributed by atoms with E-state index in [2.05, 4.69) is 20.8 Å². The molecule has 0 bridgehead atoms. The highest BCUT2D eigenvalue weighted by molar-refractivity contribution is 6.30. The fraction of sp³-hybridized carbons (Fsp3) is 0.267. The van der Waals surface area contributed by atoms with Crippen molar-refractivity contribution in [3.63, 3.8) is 0 Å². The van der Waals surface area contributed by atoms with Gasteiger partial charge in [-0.25, -0.2) is 4.79 Å². The maximum Gasteiger partial charge on any atom is 0.320 e. The predicted octanol–water partition coefficient (Wildman–Crippen LogP) is 2.78. The second kappa shape index (κ2) is 6.72. The molecule has 2 heterocycles. The van der Waals surface area contributed by atoms with Crippen molar-refractivity contribution >= 4 is 23.4 Å². The zero-order valence-corrected chi connectivity index (χ0v) is 12.5. The van der Waals surface area contributed by atoms with E-state index in [0.717, 1.165) is 12.0 Å². The predicted molar refractivity (Wildman–Crippen MR) is 82.7 cm³/mol. The van der Waals surface area contributed by atoms with Gasteiger partial charge in [0.15, 0.2) is 5.82 Å². The van der Waals surface area contributed by atoms with Gasteiger partial charge in [0.2, 0.25) is 0 Å². The molecule has 1 fully saturated rings. The lowest BCUT2D eigenvalue weighted by atomic mass is 10.0. The maximum absolute atomic E-state index is 12.0. The number of anilines is 1. The van der Waals surface area contributed by atoms with Crippen LogP contribution < -0.4 is 10.6 Å². The van der Waals surface area contributed by atoms with Gasteiger partial charge in [0.25, 0.3) is 0 Å².